The molecule has 0 fully saturated rings. The number of carbonyl (C=O) groups excluding carboxylic acids is 2. The highest BCUT2D eigenvalue weighted by atomic mass is 31.2. The summed E-state index contributed by atoms with van der Waals surface area (Å²) in [7, 11) is 1.16. The van der Waals surface area contributed by atoms with Crippen molar-refractivity contribution in [1.82, 2.24) is 5.32 Å². The Balaban J connectivity index is 5.37. The minimum Gasteiger partial charge on any atom is -0.756 e. The fourth-order valence-corrected chi connectivity index (χ4v) is 8.95. The highest BCUT2D eigenvalue weighted by Gasteiger charge is 2.27. The topological polar surface area (TPSA) is 114 Å². The molecule has 10 heteroatoms. The van der Waals surface area contributed by atoms with Gasteiger partial charge in [0.1, 0.15) is 19.3 Å². The van der Waals surface area contributed by atoms with Gasteiger partial charge < -0.3 is 28.5 Å². The SMILES string of the molecule is CC/C=C\C/C=C\C/C=C\C/C=C\C/C=C\C/C=C\CCCCC(=O)OC(/C=C/CCCCCCCCCCCC)C(COP(=O)([O-])OCC[N+](C)(C)C)NC(=O)CCCCCCCCCCCCCCCC. The molecule has 0 aliphatic carbocycles. The second kappa shape index (κ2) is 52.6. The van der Waals surface area contributed by atoms with E-state index in [1.54, 1.807) is 0 Å². The lowest BCUT2D eigenvalue weighted by Crippen LogP contribution is -2.47. The van der Waals surface area contributed by atoms with Crippen molar-refractivity contribution in [2.24, 2.45) is 0 Å². The van der Waals surface area contributed by atoms with Crippen LogP contribution < -0.4 is 10.2 Å². The summed E-state index contributed by atoms with van der Waals surface area (Å²) in [4.78, 5) is 39.9. The summed E-state index contributed by atoms with van der Waals surface area (Å²) in [5.74, 6) is -0.591. The van der Waals surface area contributed by atoms with Crippen molar-refractivity contribution < 1.29 is 37.3 Å². The van der Waals surface area contributed by atoms with E-state index in [0.717, 1.165) is 89.9 Å². The standard InChI is InChI=1S/C63H113N2O7P/c1-7-10-13-16-19-22-25-28-30-31-32-33-34-35-36-38-41-44-47-50-53-56-63(67)72-61(54-51-48-45-42-39-27-24-21-18-15-12-9-3)60(59-71-73(68,69)70-58-57-65(4,5)6)64-62(66)55-52-49-46-43-40-37-29-26-23-20-17-14-11-8-2/h10,13,19,22,28,30,32-33,35-36,41,44,51,54,60-61H,7-9,11-12,14-18,20-21,23-27,29,31,34,37-40,42-43,45-50,52-53,55-59H2,1-6H3,(H-,64,66,68,69)/b13-10-,22-19-,30-28-,33-32-,36-35-,44-41-,54-51+. The fraction of sp³-hybridized carbons (Fsp3) is 0.746. The molecule has 0 aromatic carbocycles. The molecule has 0 aromatic rings. The van der Waals surface area contributed by atoms with Crippen molar-refractivity contribution in [2.45, 2.75) is 264 Å². The lowest BCUT2D eigenvalue weighted by molar-refractivity contribution is -0.870. The number of nitrogens with one attached hydrogen (secondary N) is 1. The maximum absolute atomic E-state index is 13.5. The molecule has 0 saturated carbocycles. The minimum absolute atomic E-state index is 0.0316. The molecule has 73 heavy (non-hydrogen) atoms. The third-order valence-corrected chi connectivity index (χ3v) is 13.8. The highest BCUT2D eigenvalue weighted by molar-refractivity contribution is 7.45. The number of phosphoric ester groups is 1. The minimum atomic E-state index is -4.71. The Morgan fingerprint density at radius 3 is 1.33 bits per heavy atom. The Bertz CT molecular complexity index is 1530. The average molecular weight is 1040 g/mol. The number of carbonyl (C=O) groups is 2. The lowest BCUT2D eigenvalue weighted by Gasteiger charge is -2.30. The molecule has 3 unspecified atom stereocenters. The summed E-state index contributed by atoms with van der Waals surface area (Å²) in [6.45, 7) is 6.70. The molecule has 0 radical (unpaired) electrons. The van der Waals surface area contributed by atoms with Crippen LogP contribution in [-0.2, 0) is 27.9 Å². The molecule has 0 spiro atoms. The molecule has 0 bridgehead atoms. The van der Waals surface area contributed by atoms with Crippen molar-refractivity contribution in [3.05, 3.63) is 85.1 Å². The van der Waals surface area contributed by atoms with E-state index in [-0.39, 0.29) is 24.9 Å². The zero-order chi connectivity index (χ0) is 53.6. The summed E-state index contributed by atoms with van der Waals surface area (Å²) in [5, 5.41) is 3.01. The maximum Gasteiger partial charge on any atom is 0.306 e. The normalized spacial score (nSPS) is 14.3. The second-order valence-corrected chi connectivity index (χ2v) is 22.5. The summed E-state index contributed by atoms with van der Waals surface area (Å²) in [6.07, 6.45) is 68.3. The number of hydrogen-bond donors (Lipinski definition) is 1. The largest absolute Gasteiger partial charge is 0.756 e. The van der Waals surface area contributed by atoms with E-state index in [1.807, 2.05) is 33.3 Å². The fourth-order valence-electron chi connectivity index (χ4n) is 8.23. The van der Waals surface area contributed by atoms with Gasteiger partial charge in [-0.3, -0.25) is 14.2 Å². The van der Waals surface area contributed by atoms with Crippen LogP contribution in [0.4, 0.5) is 0 Å². The number of amides is 1. The van der Waals surface area contributed by atoms with Gasteiger partial charge in [-0.15, -0.1) is 0 Å². The summed E-state index contributed by atoms with van der Waals surface area (Å²) < 4.78 is 30.2. The quantitative estimate of drug-likeness (QED) is 0.0212. The van der Waals surface area contributed by atoms with Gasteiger partial charge in [0, 0.05) is 12.8 Å². The third-order valence-electron chi connectivity index (χ3n) is 12.8. The van der Waals surface area contributed by atoms with Gasteiger partial charge in [0.25, 0.3) is 7.82 Å². The van der Waals surface area contributed by atoms with Gasteiger partial charge in [-0.25, -0.2) is 0 Å². The van der Waals surface area contributed by atoms with Crippen LogP contribution in [0.1, 0.15) is 252 Å². The molecule has 0 heterocycles. The maximum atomic E-state index is 13.5. The van der Waals surface area contributed by atoms with Gasteiger partial charge in [0.2, 0.25) is 5.91 Å². The van der Waals surface area contributed by atoms with Crippen LogP contribution in [0.3, 0.4) is 0 Å². The Kier molecular flexibility index (Phi) is 50.6. The van der Waals surface area contributed by atoms with Gasteiger partial charge in [-0.2, -0.15) is 0 Å². The number of nitrogens with zero attached hydrogens (tertiary/aromatic N) is 1. The number of likely N-dealkylation sites (N-methyl/N-ethyl adjacent to an activating group) is 1. The Morgan fingerprint density at radius 1 is 0.493 bits per heavy atom. The first-order valence-corrected chi connectivity index (χ1v) is 31.4. The third kappa shape index (κ3) is 53.8. The van der Waals surface area contributed by atoms with E-state index in [0.29, 0.717) is 23.9 Å². The molecule has 0 aliphatic heterocycles. The molecule has 3 atom stereocenters. The lowest BCUT2D eigenvalue weighted by atomic mass is 10.0. The van der Waals surface area contributed by atoms with E-state index in [1.165, 1.54) is 122 Å². The molecule has 1 amide bonds. The zero-order valence-corrected chi connectivity index (χ0v) is 49.0. The predicted octanol–water partition coefficient (Wildman–Crippen LogP) is 17.6. The number of esters is 1. The molecular formula is C63H113N2O7P. The number of ether oxygens (including phenoxy) is 1. The summed E-state index contributed by atoms with van der Waals surface area (Å²) in [6, 6.07) is -0.907. The first kappa shape index (κ1) is 70.2. The predicted molar refractivity (Wildman–Crippen MR) is 311 cm³/mol. The van der Waals surface area contributed by atoms with Crippen LogP contribution in [0.5, 0.6) is 0 Å². The van der Waals surface area contributed by atoms with Crippen LogP contribution >= 0.6 is 7.82 Å². The Labute approximate surface area is 450 Å². The first-order chi connectivity index (χ1) is 35.4. The number of rotatable bonds is 53. The first-order valence-electron chi connectivity index (χ1n) is 29.9. The van der Waals surface area contributed by atoms with Gasteiger partial charge >= 0.3 is 5.97 Å². The number of quaternary nitrogens is 1. The molecule has 1 N–H and O–H groups in total. The van der Waals surface area contributed by atoms with Crippen LogP contribution in [0.15, 0.2) is 85.1 Å². The molecule has 422 valence electrons. The van der Waals surface area contributed by atoms with E-state index >= 15 is 0 Å². The molecule has 0 aromatic heterocycles. The molecule has 9 nitrogen and oxygen atoms in total. The van der Waals surface area contributed by atoms with Crippen molar-refractivity contribution in [3.8, 4) is 0 Å². The summed E-state index contributed by atoms with van der Waals surface area (Å²) in [5.41, 5.74) is 0. The van der Waals surface area contributed by atoms with Crippen molar-refractivity contribution in [3.63, 3.8) is 0 Å². The Morgan fingerprint density at radius 2 is 0.877 bits per heavy atom. The molecular weight excluding hydrogens is 928 g/mol. The van der Waals surface area contributed by atoms with Gasteiger partial charge in [0.15, 0.2) is 0 Å². The number of phosphoric acid groups is 1. The molecule has 0 rings (SSSR count). The van der Waals surface area contributed by atoms with Gasteiger partial charge in [-0.05, 0) is 83.1 Å². The van der Waals surface area contributed by atoms with Crippen molar-refractivity contribution >= 4 is 19.7 Å². The van der Waals surface area contributed by atoms with Crippen molar-refractivity contribution in [2.75, 3.05) is 40.9 Å². The van der Waals surface area contributed by atoms with E-state index in [4.69, 9.17) is 13.8 Å². The number of allylic oxidation sites excluding steroid dienone is 13. The van der Waals surface area contributed by atoms with Crippen LogP contribution in [-0.4, -0.2) is 69.4 Å². The van der Waals surface area contributed by atoms with E-state index < -0.39 is 26.6 Å². The van der Waals surface area contributed by atoms with Gasteiger partial charge in [0.05, 0.1) is 33.8 Å². The van der Waals surface area contributed by atoms with Crippen LogP contribution in [0.25, 0.3) is 0 Å². The van der Waals surface area contributed by atoms with Gasteiger partial charge in [-0.1, -0.05) is 241 Å². The average Bonchev–Trinajstić information content (AvgIpc) is 3.35. The van der Waals surface area contributed by atoms with Crippen LogP contribution in [0.2, 0.25) is 0 Å². The van der Waals surface area contributed by atoms with E-state index in [9.17, 15) is 19.0 Å². The molecule has 0 aliphatic rings. The summed E-state index contributed by atoms with van der Waals surface area (Å²) >= 11 is 0. The van der Waals surface area contributed by atoms with Crippen molar-refractivity contribution in [1.29, 1.82) is 0 Å². The number of hydrogen-bond acceptors (Lipinski definition) is 7. The van der Waals surface area contributed by atoms with Crippen LogP contribution in [0, 0.1) is 0 Å². The second-order valence-electron chi connectivity index (χ2n) is 21.1. The smallest absolute Gasteiger partial charge is 0.306 e. The Hall–Kier alpha value is -2.81. The monoisotopic (exact) mass is 1040 g/mol. The number of unbranched alkanes of at least 4 members (excludes halogenated alkanes) is 25. The zero-order valence-electron chi connectivity index (χ0n) is 48.1. The molecule has 0 saturated heterocycles. The van der Waals surface area contributed by atoms with E-state index in [2.05, 4.69) is 99.0 Å². The highest BCUT2D eigenvalue weighted by Crippen LogP contribution is 2.38.